The van der Waals surface area contributed by atoms with Crippen molar-refractivity contribution in [3.63, 3.8) is 0 Å². The van der Waals surface area contributed by atoms with Gasteiger partial charge in [-0.1, -0.05) is 6.07 Å². The third kappa shape index (κ3) is 3.87. The number of carbonyl (C=O) groups is 3. The fourth-order valence-corrected chi connectivity index (χ4v) is 2.64. The maximum Gasteiger partial charge on any atom is 0.333 e. The lowest BCUT2D eigenvalue weighted by atomic mass is 10.1. The lowest BCUT2D eigenvalue weighted by Gasteiger charge is -2.28. The monoisotopic (exact) mass is 420 g/mol. The van der Waals surface area contributed by atoms with Gasteiger partial charge in [0.2, 0.25) is 11.1 Å². The highest BCUT2D eigenvalue weighted by molar-refractivity contribution is 6.30. The molecule has 0 aliphatic carbocycles. The summed E-state index contributed by atoms with van der Waals surface area (Å²) in [6.07, 6.45) is 2.14. The molecule has 2 aromatic rings. The average molecular weight is 421 g/mol. The molecule has 1 aliphatic rings. The summed E-state index contributed by atoms with van der Waals surface area (Å²) in [7, 11) is 3.92. The molecule has 3 rings (SSSR count). The third-order valence-electron chi connectivity index (χ3n) is 4.03. The van der Waals surface area contributed by atoms with Gasteiger partial charge in [-0.15, -0.1) is 0 Å². The van der Waals surface area contributed by atoms with E-state index in [9.17, 15) is 18.8 Å². The summed E-state index contributed by atoms with van der Waals surface area (Å²) >= 11 is 5.67. The lowest BCUT2D eigenvalue weighted by molar-refractivity contribution is -0.134. The SMILES string of the molecule is COc1ccc(C=C2C(=O)N(C)C(=O)N(C)C2=O)cc1Oc1nc(Cl)ncc1F. The standard InChI is InChI=1S/C18H14ClFN4O5/c1-23-15(25)10(16(26)24(2)18(23)27)6-9-4-5-12(28-3)13(7-9)29-14-11(20)8-21-17(19)22-14/h4-8H,1-3H3. The van der Waals surface area contributed by atoms with E-state index < -0.39 is 29.5 Å². The molecule has 4 amide bonds. The second kappa shape index (κ2) is 7.84. The first kappa shape index (κ1) is 20.2. The normalized spacial score (nSPS) is 14.4. The van der Waals surface area contributed by atoms with Crippen LogP contribution in [-0.2, 0) is 9.59 Å². The number of imide groups is 2. The van der Waals surface area contributed by atoms with Gasteiger partial charge in [0.1, 0.15) is 5.57 Å². The molecule has 9 nitrogen and oxygen atoms in total. The number of rotatable bonds is 4. The van der Waals surface area contributed by atoms with E-state index in [0.717, 1.165) is 16.0 Å². The predicted octanol–water partition coefficient (Wildman–Crippen LogP) is 2.50. The van der Waals surface area contributed by atoms with Crippen LogP contribution in [0.2, 0.25) is 5.28 Å². The molecule has 29 heavy (non-hydrogen) atoms. The Labute approximate surface area is 169 Å². The third-order valence-corrected chi connectivity index (χ3v) is 4.21. The number of nitrogens with zero attached hydrogens (tertiary/aromatic N) is 4. The molecule has 1 fully saturated rings. The molecule has 0 saturated carbocycles. The molecule has 1 saturated heterocycles. The van der Waals surface area contributed by atoms with E-state index in [1.54, 1.807) is 6.07 Å². The number of urea groups is 1. The molecule has 1 aromatic carbocycles. The second-order valence-corrected chi connectivity index (χ2v) is 6.21. The summed E-state index contributed by atoms with van der Waals surface area (Å²) in [5, 5.41) is -0.215. The smallest absolute Gasteiger partial charge is 0.333 e. The van der Waals surface area contributed by atoms with E-state index in [1.807, 2.05) is 0 Å². The number of aromatic nitrogens is 2. The Hall–Kier alpha value is -3.53. The molecule has 0 atom stereocenters. The number of amides is 4. The summed E-state index contributed by atoms with van der Waals surface area (Å²) in [5.41, 5.74) is 0.149. The highest BCUT2D eigenvalue weighted by Gasteiger charge is 2.37. The number of barbiturate groups is 1. The zero-order valence-electron chi connectivity index (χ0n) is 15.5. The Morgan fingerprint density at radius 3 is 2.38 bits per heavy atom. The summed E-state index contributed by atoms with van der Waals surface area (Å²) in [6.45, 7) is 0. The summed E-state index contributed by atoms with van der Waals surface area (Å²) in [5.74, 6) is -2.46. The maximum absolute atomic E-state index is 13.9. The minimum atomic E-state index is -0.848. The van der Waals surface area contributed by atoms with Crippen molar-refractivity contribution in [3.05, 3.63) is 46.6 Å². The number of likely N-dealkylation sites (N-methyl/N-ethyl adjacent to an activating group) is 2. The summed E-state index contributed by atoms with van der Waals surface area (Å²) < 4.78 is 24.5. The number of benzene rings is 1. The fourth-order valence-electron chi connectivity index (χ4n) is 2.51. The van der Waals surface area contributed by atoms with Crippen LogP contribution in [0, 0.1) is 5.82 Å². The number of methoxy groups -OCH3 is 1. The van der Waals surface area contributed by atoms with E-state index >= 15 is 0 Å². The van der Waals surface area contributed by atoms with Gasteiger partial charge in [-0.05, 0) is 35.4 Å². The van der Waals surface area contributed by atoms with Crippen molar-refractivity contribution in [1.82, 2.24) is 19.8 Å². The number of hydrogen-bond acceptors (Lipinski definition) is 7. The topological polar surface area (TPSA) is 102 Å². The molecule has 0 unspecified atom stereocenters. The Bertz CT molecular complexity index is 1030. The predicted molar refractivity (Wildman–Crippen MR) is 99.0 cm³/mol. The van der Waals surface area contributed by atoms with Crippen LogP contribution in [0.5, 0.6) is 17.4 Å². The van der Waals surface area contributed by atoms with Crippen molar-refractivity contribution in [2.45, 2.75) is 0 Å². The van der Waals surface area contributed by atoms with Gasteiger partial charge in [0.05, 0.1) is 13.3 Å². The molecule has 150 valence electrons. The quantitative estimate of drug-likeness (QED) is 0.425. The maximum atomic E-state index is 13.9. The van der Waals surface area contributed by atoms with Crippen molar-refractivity contribution in [2.75, 3.05) is 21.2 Å². The first-order chi connectivity index (χ1) is 13.7. The van der Waals surface area contributed by atoms with Crippen LogP contribution < -0.4 is 9.47 Å². The van der Waals surface area contributed by atoms with E-state index in [0.29, 0.717) is 5.56 Å². The van der Waals surface area contributed by atoms with Crippen LogP contribution in [-0.4, -0.2) is 58.8 Å². The number of ether oxygens (including phenoxy) is 2. The Morgan fingerprint density at radius 1 is 1.10 bits per heavy atom. The minimum Gasteiger partial charge on any atom is -0.493 e. The first-order valence-electron chi connectivity index (χ1n) is 8.08. The van der Waals surface area contributed by atoms with Gasteiger partial charge >= 0.3 is 6.03 Å². The summed E-state index contributed by atoms with van der Waals surface area (Å²) in [4.78, 5) is 45.3. The van der Waals surface area contributed by atoms with Gasteiger partial charge in [-0.25, -0.2) is 9.78 Å². The Kier molecular flexibility index (Phi) is 5.46. The molecule has 2 heterocycles. The number of hydrogen-bond donors (Lipinski definition) is 0. The van der Waals surface area contributed by atoms with E-state index in [-0.39, 0.29) is 22.4 Å². The summed E-state index contributed by atoms with van der Waals surface area (Å²) in [6, 6.07) is 3.74. The van der Waals surface area contributed by atoms with E-state index in [2.05, 4.69) is 9.97 Å². The molecular formula is C18H14ClFN4O5. The van der Waals surface area contributed by atoms with Gasteiger partial charge in [0, 0.05) is 14.1 Å². The van der Waals surface area contributed by atoms with E-state index in [4.69, 9.17) is 21.1 Å². The minimum absolute atomic E-state index is 0.0593. The zero-order valence-corrected chi connectivity index (χ0v) is 16.2. The molecule has 1 aliphatic heterocycles. The van der Waals surface area contributed by atoms with Crippen molar-refractivity contribution in [1.29, 1.82) is 0 Å². The number of halogens is 2. The van der Waals surface area contributed by atoms with Crippen molar-refractivity contribution >= 4 is 35.5 Å². The van der Waals surface area contributed by atoms with Gasteiger partial charge in [-0.3, -0.25) is 19.4 Å². The molecule has 1 aromatic heterocycles. The van der Waals surface area contributed by atoms with Gasteiger partial charge < -0.3 is 9.47 Å². The first-order valence-corrected chi connectivity index (χ1v) is 8.46. The molecule has 0 bridgehead atoms. The lowest BCUT2D eigenvalue weighted by Crippen LogP contribution is -2.52. The van der Waals surface area contributed by atoms with Crippen LogP contribution in [0.25, 0.3) is 6.08 Å². The van der Waals surface area contributed by atoms with Crippen LogP contribution >= 0.6 is 11.6 Å². The Morgan fingerprint density at radius 2 is 1.76 bits per heavy atom. The Balaban J connectivity index is 2.01. The fraction of sp³-hybridized carbons (Fsp3) is 0.167. The van der Waals surface area contributed by atoms with Crippen LogP contribution in [0.3, 0.4) is 0 Å². The molecule has 0 radical (unpaired) electrons. The van der Waals surface area contributed by atoms with Gasteiger partial charge in [0.15, 0.2) is 11.5 Å². The highest BCUT2D eigenvalue weighted by atomic mass is 35.5. The van der Waals surface area contributed by atoms with Crippen molar-refractivity contribution in [2.24, 2.45) is 0 Å². The highest BCUT2D eigenvalue weighted by Crippen LogP contribution is 2.33. The van der Waals surface area contributed by atoms with Gasteiger partial charge in [-0.2, -0.15) is 9.37 Å². The number of carbonyl (C=O) groups excluding carboxylic acids is 3. The van der Waals surface area contributed by atoms with Crippen molar-refractivity contribution < 1.29 is 28.2 Å². The van der Waals surface area contributed by atoms with Gasteiger partial charge in [0.25, 0.3) is 17.7 Å². The molecule has 11 heteroatoms. The molecular weight excluding hydrogens is 407 g/mol. The second-order valence-electron chi connectivity index (χ2n) is 5.87. The zero-order chi connectivity index (χ0) is 21.3. The van der Waals surface area contributed by atoms with E-state index in [1.165, 1.54) is 39.4 Å². The molecule has 0 N–H and O–H groups in total. The largest absolute Gasteiger partial charge is 0.493 e. The van der Waals surface area contributed by atoms with Crippen LogP contribution in [0.4, 0.5) is 9.18 Å². The average Bonchev–Trinajstić information content (AvgIpc) is 2.71. The van der Waals surface area contributed by atoms with Crippen LogP contribution in [0.1, 0.15) is 5.56 Å². The van der Waals surface area contributed by atoms with Crippen molar-refractivity contribution in [3.8, 4) is 17.4 Å². The van der Waals surface area contributed by atoms with Crippen LogP contribution in [0.15, 0.2) is 30.0 Å². The molecule has 0 spiro atoms.